The number of benzene rings is 3. The van der Waals surface area contributed by atoms with Gasteiger partial charge in [0.1, 0.15) is 11.5 Å². The minimum Gasteiger partial charge on any atom is -0.495 e. The normalized spacial score (nSPS) is 10.9. The van der Waals surface area contributed by atoms with Crippen LogP contribution in [-0.4, -0.2) is 28.0 Å². The summed E-state index contributed by atoms with van der Waals surface area (Å²) in [5.41, 5.74) is 0.883. The van der Waals surface area contributed by atoms with E-state index in [4.69, 9.17) is 32.7 Å². The van der Waals surface area contributed by atoms with Gasteiger partial charge in [0.15, 0.2) is 6.61 Å². The molecule has 0 bridgehead atoms. The van der Waals surface area contributed by atoms with Crippen molar-refractivity contribution < 1.29 is 22.7 Å². The molecule has 3 rings (SSSR count). The molecule has 0 aliphatic carbocycles. The van der Waals surface area contributed by atoms with E-state index >= 15 is 0 Å². The van der Waals surface area contributed by atoms with Crippen LogP contribution in [-0.2, 0) is 14.8 Å². The summed E-state index contributed by atoms with van der Waals surface area (Å²) >= 11 is 11.8. The van der Waals surface area contributed by atoms with E-state index in [1.165, 1.54) is 37.4 Å². The summed E-state index contributed by atoms with van der Waals surface area (Å²) in [4.78, 5) is 12.0. The predicted octanol–water partition coefficient (Wildman–Crippen LogP) is 4.82. The lowest BCUT2D eigenvalue weighted by Crippen LogP contribution is -2.20. The van der Waals surface area contributed by atoms with Crippen molar-refractivity contribution in [2.24, 2.45) is 0 Å². The number of ether oxygens (including phenoxy) is 2. The van der Waals surface area contributed by atoms with Gasteiger partial charge in [0.05, 0.1) is 22.7 Å². The predicted molar refractivity (Wildman–Crippen MR) is 121 cm³/mol. The van der Waals surface area contributed by atoms with Crippen molar-refractivity contribution >= 4 is 50.5 Å². The van der Waals surface area contributed by atoms with E-state index in [2.05, 4.69) is 10.0 Å². The molecule has 0 spiro atoms. The molecule has 10 heteroatoms. The number of carbonyl (C=O) groups excluding carboxylic acids is 1. The molecule has 0 saturated heterocycles. The van der Waals surface area contributed by atoms with Crippen LogP contribution >= 0.6 is 23.2 Å². The minimum atomic E-state index is -3.84. The number of halogens is 2. The molecule has 0 unspecified atom stereocenters. The molecule has 0 aromatic heterocycles. The van der Waals surface area contributed by atoms with E-state index in [9.17, 15) is 13.2 Å². The third kappa shape index (κ3) is 6.27. The highest BCUT2D eigenvalue weighted by molar-refractivity contribution is 7.92. The second-order valence-electron chi connectivity index (χ2n) is 6.27. The maximum absolute atomic E-state index is 12.6. The molecule has 3 aromatic carbocycles. The van der Waals surface area contributed by atoms with Crippen LogP contribution in [0.4, 0.5) is 11.4 Å². The molecule has 0 aliphatic rings. The Morgan fingerprint density at radius 3 is 2.19 bits per heavy atom. The van der Waals surface area contributed by atoms with Gasteiger partial charge < -0.3 is 14.8 Å². The molecule has 162 valence electrons. The largest absolute Gasteiger partial charge is 0.495 e. The Balaban J connectivity index is 1.59. The zero-order valence-corrected chi connectivity index (χ0v) is 18.6. The summed E-state index contributed by atoms with van der Waals surface area (Å²) in [6.07, 6.45) is 0. The lowest BCUT2D eigenvalue weighted by atomic mass is 10.3. The third-order valence-electron chi connectivity index (χ3n) is 4.04. The molecule has 31 heavy (non-hydrogen) atoms. The van der Waals surface area contributed by atoms with Gasteiger partial charge in [0.25, 0.3) is 15.9 Å². The molecule has 0 aliphatic heterocycles. The monoisotopic (exact) mass is 480 g/mol. The van der Waals surface area contributed by atoms with Crippen LogP contribution in [0.25, 0.3) is 0 Å². The summed E-state index contributed by atoms with van der Waals surface area (Å²) in [6.45, 7) is -0.239. The molecule has 2 N–H and O–H groups in total. The Morgan fingerprint density at radius 2 is 1.58 bits per heavy atom. The molecule has 3 aromatic rings. The first-order valence-corrected chi connectivity index (χ1v) is 11.2. The Hall–Kier alpha value is -2.94. The second kappa shape index (κ2) is 9.91. The van der Waals surface area contributed by atoms with Crippen molar-refractivity contribution in [3.63, 3.8) is 0 Å². The topological polar surface area (TPSA) is 93.7 Å². The van der Waals surface area contributed by atoms with Gasteiger partial charge in [-0.05, 0) is 66.7 Å². The van der Waals surface area contributed by atoms with E-state index in [-0.39, 0.29) is 22.4 Å². The van der Waals surface area contributed by atoms with Gasteiger partial charge in [-0.3, -0.25) is 9.52 Å². The number of sulfonamides is 1. The Bertz CT molecular complexity index is 1170. The van der Waals surface area contributed by atoms with E-state index in [0.29, 0.717) is 27.9 Å². The maximum atomic E-state index is 12.6. The van der Waals surface area contributed by atoms with Crippen LogP contribution < -0.4 is 19.5 Å². The van der Waals surface area contributed by atoms with Crippen LogP contribution in [0.1, 0.15) is 0 Å². The van der Waals surface area contributed by atoms with Gasteiger partial charge in [-0.1, -0.05) is 23.2 Å². The fourth-order valence-corrected chi connectivity index (χ4v) is 3.97. The number of rotatable bonds is 8. The van der Waals surface area contributed by atoms with Gasteiger partial charge in [-0.15, -0.1) is 0 Å². The molecular weight excluding hydrogens is 463 g/mol. The van der Waals surface area contributed by atoms with Crippen LogP contribution in [0.2, 0.25) is 10.0 Å². The fraction of sp³-hybridized carbons (Fsp3) is 0.0952. The number of carbonyl (C=O) groups is 1. The first-order valence-electron chi connectivity index (χ1n) is 8.91. The summed E-state index contributed by atoms with van der Waals surface area (Å²) in [7, 11) is -2.37. The van der Waals surface area contributed by atoms with Gasteiger partial charge >= 0.3 is 0 Å². The van der Waals surface area contributed by atoms with Gasteiger partial charge in [0, 0.05) is 10.7 Å². The Labute approximate surface area is 189 Å². The highest BCUT2D eigenvalue weighted by atomic mass is 35.5. The second-order valence-corrected chi connectivity index (χ2v) is 8.80. The standard InChI is InChI=1S/C21H18Cl2N2O5S/c1-29-20-11-6-16(12-19(20)23)25-31(27,28)18-9-7-17(8-10-18)30-13-21(26)24-15-4-2-14(22)3-5-15/h2-12,25H,13H2,1H3,(H,24,26). The summed E-state index contributed by atoms with van der Waals surface area (Å²) in [6, 6.07) is 16.9. The SMILES string of the molecule is COc1ccc(NS(=O)(=O)c2ccc(OCC(=O)Nc3ccc(Cl)cc3)cc2)cc1Cl. The van der Waals surface area contributed by atoms with E-state index in [1.807, 2.05) is 0 Å². The number of nitrogens with one attached hydrogen (secondary N) is 2. The fourth-order valence-electron chi connectivity index (χ4n) is 2.54. The molecule has 1 amide bonds. The average Bonchev–Trinajstić information content (AvgIpc) is 2.74. The number of anilines is 2. The first-order chi connectivity index (χ1) is 14.8. The highest BCUT2D eigenvalue weighted by Gasteiger charge is 2.15. The number of hydrogen-bond donors (Lipinski definition) is 2. The molecule has 7 nitrogen and oxygen atoms in total. The van der Waals surface area contributed by atoms with E-state index in [1.54, 1.807) is 36.4 Å². The van der Waals surface area contributed by atoms with Gasteiger partial charge in [0.2, 0.25) is 0 Å². The molecular formula is C21H18Cl2N2O5S. The van der Waals surface area contributed by atoms with Crippen molar-refractivity contribution in [1.29, 1.82) is 0 Å². The van der Waals surface area contributed by atoms with Crippen LogP contribution in [0, 0.1) is 0 Å². The molecule has 0 heterocycles. The summed E-state index contributed by atoms with van der Waals surface area (Å²) in [5, 5.41) is 3.51. The van der Waals surface area contributed by atoms with Crippen molar-refractivity contribution in [3.05, 3.63) is 76.8 Å². The lowest BCUT2D eigenvalue weighted by Gasteiger charge is -2.11. The smallest absolute Gasteiger partial charge is 0.262 e. The summed E-state index contributed by atoms with van der Waals surface area (Å²) < 4.78 is 38.0. The molecule has 0 saturated carbocycles. The molecule has 0 fully saturated rings. The quantitative estimate of drug-likeness (QED) is 0.481. The zero-order chi connectivity index (χ0) is 22.4. The van der Waals surface area contributed by atoms with Crippen LogP contribution in [0.5, 0.6) is 11.5 Å². The number of amides is 1. The molecule has 0 atom stereocenters. The van der Waals surface area contributed by atoms with E-state index < -0.39 is 10.0 Å². The Morgan fingerprint density at radius 1 is 0.935 bits per heavy atom. The third-order valence-corrected chi connectivity index (χ3v) is 5.98. The number of hydrogen-bond acceptors (Lipinski definition) is 5. The number of methoxy groups -OCH3 is 1. The van der Waals surface area contributed by atoms with Crippen LogP contribution in [0.15, 0.2) is 71.6 Å². The van der Waals surface area contributed by atoms with Crippen molar-refractivity contribution in [2.45, 2.75) is 4.90 Å². The van der Waals surface area contributed by atoms with Crippen LogP contribution in [0.3, 0.4) is 0 Å². The molecule has 0 radical (unpaired) electrons. The Kier molecular flexibility index (Phi) is 7.27. The lowest BCUT2D eigenvalue weighted by molar-refractivity contribution is -0.118. The minimum absolute atomic E-state index is 0.0254. The van der Waals surface area contributed by atoms with Crippen molar-refractivity contribution in [1.82, 2.24) is 0 Å². The summed E-state index contributed by atoms with van der Waals surface area (Å²) in [5.74, 6) is 0.418. The zero-order valence-electron chi connectivity index (χ0n) is 16.3. The average molecular weight is 481 g/mol. The van der Waals surface area contributed by atoms with Crippen molar-refractivity contribution in [2.75, 3.05) is 23.8 Å². The van der Waals surface area contributed by atoms with Gasteiger partial charge in [-0.2, -0.15) is 0 Å². The van der Waals surface area contributed by atoms with Gasteiger partial charge in [-0.25, -0.2) is 8.42 Å². The van der Waals surface area contributed by atoms with Crippen molar-refractivity contribution in [3.8, 4) is 11.5 Å². The highest BCUT2D eigenvalue weighted by Crippen LogP contribution is 2.28. The first kappa shape index (κ1) is 22.7. The maximum Gasteiger partial charge on any atom is 0.262 e. The van der Waals surface area contributed by atoms with E-state index in [0.717, 1.165) is 0 Å².